The maximum Gasteiger partial charge on any atom is 0.407 e. The van der Waals surface area contributed by atoms with E-state index in [4.69, 9.17) is 9.47 Å². The Kier molecular flexibility index (Phi) is 15.2. The number of nitrogens with one attached hydrogen (secondary N) is 4. The summed E-state index contributed by atoms with van der Waals surface area (Å²) in [5, 5.41) is 11.1. The molecule has 3 aromatic carbocycles. The Morgan fingerprint density at radius 1 is 0.522 bits per heavy atom. The van der Waals surface area contributed by atoms with Gasteiger partial charge in [0.25, 0.3) is 0 Å². The lowest BCUT2D eigenvalue weighted by molar-refractivity contribution is 0.139. The molecular weight excluding hydrogens is 588 g/mol. The van der Waals surface area contributed by atoms with Crippen LogP contribution in [0.15, 0.2) is 84.9 Å². The van der Waals surface area contributed by atoms with Crippen molar-refractivity contribution in [3.05, 3.63) is 107 Å². The Morgan fingerprint density at radius 3 is 1.30 bits per heavy atom. The summed E-state index contributed by atoms with van der Waals surface area (Å²) >= 11 is 0. The van der Waals surface area contributed by atoms with E-state index >= 15 is 0 Å². The van der Waals surface area contributed by atoms with Crippen LogP contribution in [0, 0.1) is 0 Å². The maximum atomic E-state index is 12.2. The monoisotopic (exact) mass is 632 g/mol. The number of amides is 6. The Bertz CT molecular complexity index is 1270. The molecule has 0 fully saturated rings. The fourth-order valence-corrected chi connectivity index (χ4v) is 4.25. The number of carbonyl (C=O) groups is 4. The van der Waals surface area contributed by atoms with Gasteiger partial charge in [-0.2, -0.15) is 0 Å². The number of urea groups is 2. The number of ether oxygens (including phenoxy) is 2. The first-order valence-corrected chi connectivity index (χ1v) is 15.2. The van der Waals surface area contributed by atoms with E-state index in [1.54, 1.807) is 23.9 Å². The van der Waals surface area contributed by atoms with E-state index in [1.807, 2.05) is 84.9 Å². The maximum absolute atomic E-state index is 12.2. The molecule has 3 aromatic rings. The smallest absolute Gasteiger partial charge is 0.407 e. The summed E-state index contributed by atoms with van der Waals surface area (Å²) in [6.07, 6.45) is -0.105. The molecule has 3 rings (SSSR count). The lowest BCUT2D eigenvalue weighted by Crippen LogP contribution is -2.37. The molecule has 246 valence electrons. The van der Waals surface area contributed by atoms with Gasteiger partial charge in [-0.25, -0.2) is 19.2 Å². The Labute approximate surface area is 270 Å². The van der Waals surface area contributed by atoms with Gasteiger partial charge in [0.1, 0.15) is 0 Å². The van der Waals surface area contributed by atoms with Crippen molar-refractivity contribution in [3.63, 3.8) is 0 Å². The third-order valence-corrected chi connectivity index (χ3v) is 6.87. The van der Waals surface area contributed by atoms with Gasteiger partial charge in [-0.3, -0.25) is 0 Å². The Morgan fingerprint density at radius 2 is 0.891 bits per heavy atom. The van der Waals surface area contributed by atoms with Crippen LogP contribution < -0.4 is 21.3 Å². The van der Waals surface area contributed by atoms with Crippen molar-refractivity contribution in [3.8, 4) is 0 Å². The molecule has 0 unspecified atom stereocenters. The zero-order valence-electron chi connectivity index (χ0n) is 26.5. The largest absolute Gasteiger partial charge is 0.449 e. The van der Waals surface area contributed by atoms with Gasteiger partial charge in [0.2, 0.25) is 0 Å². The summed E-state index contributed by atoms with van der Waals surface area (Å²) in [5.74, 6) is 0. The van der Waals surface area contributed by atoms with Crippen molar-refractivity contribution in [2.75, 3.05) is 40.4 Å². The summed E-state index contributed by atoms with van der Waals surface area (Å²) < 4.78 is 10.5. The minimum absolute atomic E-state index is 0.173. The molecule has 0 aliphatic carbocycles. The summed E-state index contributed by atoms with van der Waals surface area (Å²) in [5.41, 5.74) is 3.71. The molecule has 12 nitrogen and oxygen atoms in total. The fraction of sp³-hybridized carbons (Fsp3) is 0.353. The number of carbonyl (C=O) groups excluding carboxylic acids is 4. The zero-order valence-corrected chi connectivity index (χ0v) is 26.5. The van der Waals surface area contributed by atoms with Crippen LogP contribution in [-0.2, 0) is 35.7 Å². The number of hydrogen-bond acceptors (Lipinski definition) is 6. The summed E-state index contributed by atoms with van der Waals surface area (Å²) in [4.78, 5) is 51.8. The summed E-state index contributed by atoms with van der Waals surface area (Å²) in [6.45, 7) is 2.63. The molecule has 0 aliphatic rings. The molecule has 0 atom stereocenters. The van der Waals surface area contributed by atoms with E-state index in [-0.39, 0.29) is 38.4 Å². The van der Waals surface area contributed by atoms with Crippen LogP contribution in [0.25, 0.3) is 0 Å². The second kappa shape index (κ2) is 19.9. The molecule has 0 saturated heterocycles. The molecule has 0 aliphatic heterocycles. The van der Waals surface area contributed by atoms with Crippen molar-refractivity contribution in [2.24, 2.45) is 0 Å². The minimum Gasteiger partial charge on any atom is -0.449 e. The van der Waals surface area contributed by atoms with Crippen LogP contribution in [0.4, 0.5) is 19.2 Å². The molecule has 0 radical (unpaired) electrons. The highest BCUT2D eigenvalue weighted by Gasteiger charge is 2.10. The number of alkyl carbamates (subject to hydrolysis) is 2. The molecular formula is C34H44N6O6. The second-order valence-corrected chi connectivity index (χ2v) is 10.6. The van der Waals surface area contributed by atoms with E-state index in [0.29, 0.717) is 39.0 Å². The van der Waals surface area contributed by atoms with E-state index in [1.165, 1.54) is 0 Å². The van der Waals surface area contributed by atoms with Crippen molar-refractivity contribution < 1.29 is 28.7 Å². The Hall–Kier alpha value is -5.26. The third-order valence-electron chi connectivity index (χ3n) is 6.87. The first-order valence-electron chi connectivity index (χ1n) is 15.2. The van der Waals surface area contributed by atoms with Gasteiger partial charge in [0.05, 0.1) is 13.2 Å². The lowest BCUT2D eigenvalue weighted by atomic mass is 10.1. The summed E-state index contributed by atoms with van der Waals surface area (Å²) in [7, 11) is 3.38. The minimum atomic E-state index is -0.553. The second-order valence-electron chi connectivity index (χ2n) is 10.6. The van der Waals surface area contributed by atoms with Crippen LogP contribution in [0.3, 0.4) is 0 Å². The molecule has 0 spiro atoms. The lowest BCUT2D eigenvalue weighted by Gasteiger charge is -2.18. The van der Waals surface area contributed by atoms with Gasteiger partial charge in [-0.1, -0.05) is 84.9 Å². The number of nitrogens with zero attached hydrogens (tertiary/aromatic N) is 2. The van der Waals surface area contributed by atoms with Crippen molar-refractivity contribution in [2.45, 2.75) is 39.0 Å². The standard InChI is InChI=1S/C34H44N6O6/c1-39(31(41)35-23-27-12-5-3-6-13-27)18-10-20-45-33(43)37-25-29-16-9-17-30(22-29)26-38-34(44)46-21-11-19-40(2)32(42)36-24-28-14-7-4-8-15-28/h3-9,12-17,22H,10-11,18-21,23-26H2,1-2H3,(H,35,41)(H,36,42)(H,37,43)(H,38,44). The third kappa shape index (κ3) is 14.0. The quantitative estimate of drug-likeness (QED) is 0.170. The van der Waals surface area contributed by atoms with Gasteiger partial charge >= 0.3 is 24.2 Å². The molecule has 0 heterocycles. The molecule has 0 bridgehead atoms. The van der Waals surface area contributed by atoms with Crippen LogP contribution in [0.5, 0.6) is 0 Å². The fourth-order valence-electron chi connectivity index (χ4n) is 4.25. The van der Waals surface area contributed by atoms with E-state index < -0.39 is 12.2 Å². The molecule has 4 N–H and O–H groups in total. The average molecular weight is 633 g/mol. The van der Waals surface area contributed by atoms with Gasteiger partial charge in [-0.05, 0) is 35.1 Å². The van der Waals surface area contributed by atoms with Gasteiger partial charge < -0.3 is 40.5 Å². The van der Waals surface area contributed by atoms with Gasteiger partial charge in [0, 0.05) is 53.4 Å². The number of hydrogen-bond donors (Lipinski definition) is 4. The van der Waals surface area contributed by atoms with Crippen LogP contribution in [-0.4, -0.2) is 74.4 Å². The Balaban J connectivity index is 1.22. The normalized spacial score (nSPS) is 10.3. The highest BCUT2D eigenvalue weighted by molar-refractivity contribution is 5.74. The highest BCUT2D eigenvalue weighted by atomic mass is 16.6. The highest BCUT2D eigenvalue weighted by Crippen LogP contribution is 2.06. The van der Waals surface area contributed by atoms with Gasteiger partial charge in [0.15, 0.2) is 0 Å². The van der Waals surface area contributed by atoms with E-state index in [0.717, 1.165) is 22.3 Å². The van der Waals surface area contributed by atoms with Crippen LogP contribution in [0.1, 0.15) is 35.1 Å². The molecule has 0 saturated carbocycles. The van der Waals surface area contributed by atoms with Crippen molar-refractivity contribution >= 4 is 24.2 Å². The van der Waals surface area contributed by atoms with Crippen molar-refractivity contribution in [1.82, 2.24) is 31.1 Å². The SMILES string of the molecule is CN(CCCOC(=O)NCc1cccc(CNC(=O)OCCCN(C)C(=O)NCc2ccccc2)c1)C(=O)NCc1ccccc1. The molecule has 6 amide bonds. The van der Waals surface area contributed by atoms with Crippen LogP contribution >= 0.6 is 0 Å². The average Bonchev–Trinajstić information content (AvgIpc) is 3.08. The number of rotatable bonds is 16. The first-order chi connectivity index (χ1) is 22.3. The topological polar surface area (TPSA) is 141 Å². The molecule has 12 heteroatoms. The molecule has 46 heavy (non-hydrogen) atoms. The zero-order chi connectivity index (χ0) is 33.0. The summed E-state index contributed by atoms with van der Waals surface area (Å²) in [6, 6.07) is 26.3. The van der Waals surface area contributed by atoms with E-state index in [9.17, 15) is 19.2 Å². The van der Waals surface area contributed by atoms with Crippen molar-refractivity contribution in [1.29, 1.82) is 0 Å². The number of benzene rings is 3. The van der Waals surface area contributed by atoms with Gasteiger partial charge in [-0.15, -0.1) is 0 Å². The van der Waals surface area contributed by atoms with E-state index in [2.05, 4.69) is 21.3 Å². The van der Waals surface area contributed by atoms with Crippen LogP contribution in [0.2, 0.25) is 0 Å². The first kappa shape index (κ1) is 35.2. The predicted molar refractivity (Wildman–Crippen MR) is 175 cm³/mol. The predicted octanol–water partition coefficient (Wildman–Crippen LogP) is 4.60. The molecule has 0 aromatic heterocycles.